The fraction of sp³-hybridized carbons (Fsp3) is 0.0462. The zero-order chi connectivity index (χ0) is 56.5. The van der Waals surface area contributed by atoms with Gasteiger partial charge in [0.25, 0.3) is 10.1 Å². The van der Waals surface area contributed by atoms with Gasteiger partial charge >= 0.3 is 13.7 Å². The molecule has 4 aromatic heterocycles. The van der Waals surface area contributed by atoms with Gasteiger partial charge < -0.3 is 22.5 Å². The van der Waals surface area contributed by atoms with Crippen molar-refractivity contribution in [2.75, 3.05) is 12.4 Å². The van der Waals surface area contributed by atoms with Crippen LogP contribution in [0.3, 0.4) is 0 Å². The molecule has 0 aliphatic carbocycles. The Morgan fingerprint density at radius 1 is 0.585 bits per heavy atom. The highest BCUT2D eigenvalue weighted by atomic mass is 32.2. The monoisotopic (exact) mass is 1090 g/mol. The first-order valence-corrected chi connectivity index (χ1v) is 27.6. The Labute approximate surface area is 469 Å². The van der Waals surface area contributed by atoms with Crippen LogP contribution in [-0.4, -0.2) is 57.9 Å². The molecule has 0 atom stereocenters. The highest BCUT2D eigenvalue weighted by molar-refractivity contribution is 7.85. The van der Waals surface area contributed by atoms with Crippen molar-refractivity contribution in [3.8, 4) is 52.7 Å². The number of nitriles is 2. The van der Waals surface area contributed by atoms with Crippen LogP contribution in [0.2, 0.25) is 0 Å². The van der Waals surface area contributed by atoms with Gasteiger partial charge in [-0.3, -0.25) is 4.55 Å². The Hall–Kier alpha value is -10.5. The number of nitrogens with zero attached hydrogens (tertiary/aromatic N) is 6. The van der Waals surface area contributed by atoms with Crippen molar-refractivity contribution in [2.24, 2.45) is 0 Å². The predicted molar refractivity (Wildman–Crippen MR) is 315 cm³/mol. The molecule has 0 amide bonds. The van der Waals surface area contributed by atoms with Crippen LogP contribution in [-0.2, 0) is 10.1 Å². The van der Waals surface area contributed by atoms with Gasteiger partial charge in [-0.25, -0.2) is 18.7 Å². The third-order valence-electron chi connectivity index (χ3n) is 14.2. The lowest BCUT2D eigenvalue weighted by Crippen LogP contribution is -2.54. The molecular formula is C65H42B2F2N6O6S. The number of terminal acetylenes is 1. The lowest BCUT2D eigenvalue weighted by atomic mass is 9.50. The van der Waals surface area contributed by atoms with E-state index < -0.39 is 41.2 Å². The predicted octanol–water partition coefficient (Wildman–Crippen LogP) is 8.73. The fourth-order valence-electron chi connectivity index (χ4n) is 10.9. The smallest absolute Gasteiger partial charge is 0.328 e. The van der Waals surface area contributed by atoms with E-state index in [9.17, 15) is 23.5 Å². The maximum atomic E-state index is 15.1. The summed E-state index contributed by atoms with van der Waals surface area (Å²) in [6, 6.07) is 66.3. The second-order valence-corrected chi connectivity index (χ2v) is 20.8. The Kier molecular flexibility index (Phi) is 14.0. The third-order valence-corrected chi connectivity index (χ3v) is 15.0. The summed E-state index contributed by atoms with van der Waals surface area (Å²) in [5, 5.41) is 25.6. The SMILES string of the molecule is C#Cc1ccccc1-c1c2/c(=C(\C#N)c3nc4ccc(F)cc4o3)n(B(c3ccccc3)c3ccccc3)c(-c3ccc(OCCCS(=O)(=O)O)cc3)c2/c(=C(\C#N)c2nc3ccc(F)cc3o2)n1B(c1ccccc1)c1ccccc1. The highest BCUT2D eigenvalue weighted by Crippen LogP contribution is 2.38. The van der Waals surface area contributed by atoms with E-state index in [1.54, 1.807) is 12.1 Å². The average molecular weight is 1090 g/mol. The van der Waals surface area contributed by atoms with Gasteiger partial charge in [-0.1, -0.05) is 167 Å². The highest BCUT2D eigenvalue weighted by Gasteiger charge is 2.38. The molecule has 0 aliphatic heterocycles. The van der Waals surface area contributed by atoms with Gasteiger partial charge in [-0.2, -0.15) is 18.9 Å². The number of fused-ring (bicyclic) bond motifs is 3. The van der Waals surface area contributed by atoms with E-state index in [1.807, 2.05) is 167 Å². The number of rotatable bonds is 15. The van der Waals surface area contributed by atoms with Crippen molar-refractivity contribution in [1.29, 1.82) is 10.5 Å². The van der Waals surface area contributed by atoms with Crippen molar-refractivity contribution < 1.29 is 35.3 Å². The van der Waals surface area contributed by atoms with E-state index in [0.717, 1.165) is 21.9 Å². The molecule has 0 saturated heterocycles. The number of hydrogen-bond acceptors (Lipinski definition) is 9. The van der Waals surface area contributed by atoms with Crippen LogP contribution >= 0.6 is 0 Å². The summed E-state index contributed by atoms with van der Waals surface area (Å²) in [7, 11) is -4.25. The molecule has 0 unspecified atom stereocenters. The fourth-order valence-corrected chi connectivity index (χ4v) is 11.3. The molecule has 394 valence electrons. The van der Waals surface area contributed by atoms with E-state index in [4.69, 9.17) is 30.0 Å². The Balaban J connectivity index is 1.40. The summed E-state index contributed by atoms with van der Waals surface area (Å²) < 4.78 is 86.2. The van der Waals surface area contributed by atoms with Crippen LogP contribution < -0.4 is 37.3 Å². The summed E-state index contributed by atoms with van der Waals surface area (Å²) in [6.07, 6.45) is 6.56. The minimum atomic E-state index is -4.25. The summed E-state index contributed by atoms with van der Waals surface area (Å²) in [5.74, 6) is 1.37. The van der Waals surface area contributed by atoms with Gasteiger partial charge in [-0.05, 0) is 66.6 Å². The van der Waals surface area contributed by atoms with Crippen LogP contribution in [0.1, 0.15) is 23.8 Å². The lowest BCUT2D eigenvalue weighted by Gasteiger charge is -2.24. The zero-order valence-electron chi connectivity index (χ0n) is 43.3. The van der Waals surface area contributed by atoms with Crippen molar-refractivity contribution in [2.45, 2.75) is 6.42 Å². The zero-order valence-corrected chi connectivity index (χ0v) is 44.1. The standard InChI is InChI=1S/C65H42B2F2N6O6S/c1-2-42-18-15-16-27-51(42)61-59-58(62(52(40-70)64-72-54-34-30-48(68)38-56(54)80-64)75(61)67(46-23-11-5-12-24-46)47-25-13-6-14-26-47)60(43-28-32-50(33-29-43)79-36-17-37-82(76,77)78)74(66(44-19-7-3-8-20-44)45-21-9-4-10-22-45)63(59)53(41-71)65-73-55-35-31-49(69)39-57(55)81-65/h1,3-16,18-35,38-39H,17,36-37H2,(H,76,77,78)/b62-52-,63-53-. The molecule has 12 rings (SSSR count). The molecular weight excluding hydrogens is 1050 g/mol. The van der Waals surface area contributed by atoms with Crippen LogP contribution in [0.15, 0.2) is 215 Å². The Morgan fingerprint density at radius 2 is 1.01 bits per heavy atom. The van der Waals surface area contributed by atoms with Gasteiger partial charge in [0.2, 0.25) is 11.8 Å². The molecule has 0 aliphatic rings. The van der Waals surface area contributed by atoms with Gasteiger partial charge in [-0.15, -0.1) is 6.42 Å². The second-order valence-electron chi connectivity index (χ2n) is 19.3. The number of hydrogen-bond donors (Lipinski definition) is 1. The van der Waals surface area contributed by atoms with Gasteiger partial charge in [0.05, 0.1) is 23.1 Å². The second kappa shape index (κ2) is 22.0. The number of halogens is 2. The number of benzene rings is 8. The normalized spacial score (nSPS) is 12.2. The molecule has 17 heteroatoms. The summed E-state index contributed by atoms with van der Waals surface area (Å²) in [5.41, 5.74) is 6.16. The largest absolute Gasteiger partial charge is 0.494 e. The topological polar surface area (TPSA) is 173 Å². The van der Waals surface area contributed by atoms with Crippen molar-refractivity contribution in [1.82, 2.24) is 18.9 Å². The first-order chi connectivity index (χ1) is 40.0. The number of aromatic nitrogens is 4. The Bertz CT molecular complexity index is 4620. The minimum Gasteiger partial charge on any atom is -0.494 e. The number of oxazole rings is 2. The molecule has 12 aromatic rings. The molecule has 0 fully saturated rings. The van der Waals surface area contributed by atoms with Crippen molar-refractivity contribution in [3.05, 3.63) is 246 Å². The molecule has 0 spiro atoms. The molecule has 12 nitrogen and oxygen atoms in total. The molecule has 82 heavy (non-hydrogen) atoms. The summed E-state index contributed by atoms with van der Waals surface area (Å²) in [4.78, 5) is 9.79. The summed E-state index contributed by atoms with van der Waals surface area (Å²) in [6.45, 7) is -1.63. The first kappa shape index (κ1) is 52.2. The van der Waals surface area contributed by atoms with Crippen LogP contribution in [0.5, 0.6) is 5.75 Å². The quantitative estimate of drug-likeness (QED) is 0.0453. The molecule has 0 bridgehead atoms. The van der Waals surface area contributed by atoms with E-state index in [2.05, 4.69) is 18.1 Å². The lowest BCUT2D eigenvalue weighted by molar-refractivity contribution is 0.316. The van der Waals surface area contributed by atoms with E-state index >= 15 is 8.78 Å². The molecule has 0 radical (unpaired) electrons. The molecule has 4 heterocycles. The van der Waals surface area contributed by atoms with Gasteiger partial charge in [0, 0.05) is 45.4 Å². The molecule has 1 N–H and O–H groups in total. The Morgan fingerprint density at radius 3 is 1.45 bits per heavy atom. The summed E-state index contributed by atoms with van der Waals surface area (Å²) >= 11 is 0. The maximum absolute atomic E-state index is 15.1. The van der Waals surface area contributed by atoms with Gasteiger partial charge in [0.15, 0.2) is 11.2 Å². The van der Waals surface area contributed by atoms with Crippen LogP contribution in [0, 0.1) is 46.6 Å². The van der Waals surface area contributed by atoms with Crippen LogP contribution in [0.25, 0.3) is 66.6 Å². The van der Waals surface area contributed by atoms with Gasteiger partial charge in [0.1, 0.15) is 51.7 Å². The van der Waals surface area contributed by atoms with E-state index in [1.165, 1.54) is 36.4 Å². The van der Waals surface area contributed by atoms with Crippen molar-refractivity contribution in [3.63, 3.8) is 0 Å². The first-order valence-electron chi connectivity index (χ1n) is 26.0. The van der Waals surface area contributed by atoms with Crippen LogP contribution in [0.4, 0.5) is 8.78 Å². The molecule has 0 saturated carbocycles. The van der Waals surface area contributed by atoms with Crippen molar-refractivity contribution >= 4 is 89.8 Å². The maximum Gasteiger partial charge on any atom is 0.328 e. The van der Waals surface area contributed by atoms with E-state index in [-0.39, 0.29) is 68.9 Å². The molecule has 8 aromatic carbocycles. The minimum absolute atomic E-state index is 0.0104. The van der Waals surface area contributed by atoms with E-state index in [0.29, 0.717) is 44.6 Å². The third kappa shape index (κ3) is 9.79. The number of ether oxygens (including phenoxy) is 1. The average Bonchev–Trinajstić information content (AvgIpc) is 1.98.